The fourth-order valence-electron chi connectivity index (χ4n) is 2.34. The van der Waals surface area contributed by atoms with E-state index in [0.29, 0.717) is 19.4 Å². The molecule has 0 spiro atoms. The van der Waals surface area contributed by atoms with Gasteiger partial charge in [0.25, 0.3) is 0 Å². The van der Waals surface area contributed by atoms with Crippen molar-refractivity contribution in [3.05, 3.63) is 0 Å². The Morgan fingerprint density at radius 1 is 1.32 bits per heavy atom. The monoisotopic (exact) mass is 267 g/mol. The highest BCUT2D eigenvalue weighted by Crippen LogP contribution is 2.27. The lowest BCUT2D eigenvalue weighted by molar-refractivity contribution is -0.145. The van der Waals surface area contributed by atoms with Gasteiger partial charge in [0.15, 0.2) is 0 Å². The van der Waals surface area contributed by atoms with Crippen molar-refractivity contribution >= 4 is 12.0 Å². The van der Waals surface area contributed by atoms with Crippen LogP contribution < -0.4 is 5.32 Å². The van der Waals surface area contributed by atoms with Crippen molar-refractivity contribution in [3.63, 3.8) is 0 Å². The van der Waals surface area contributed by atoms with E-state index in [4.69, 9.17) is 5.26 Å². The number of amides is 2. The molecule has 0 aromatic rings. The van der Waals surface area contributed by atoms with Gasteiger partial charge in [-0.2, -0.15) is 5.26 Å². The van der Waals surface area contributed by atoms with E-state index >= 15 is 0 Å². The van der Waals surface area contributed by atoms with Crippen LogP contribution in [0, 0.1) is 11.3 Å². The van der Waals surface area contributed by atoms with Gasteiger partial charge in [0, 0.05) is 13.6 Å². The van der Waals surface area contributed by atoms with Gasteiger partial charge < -0.3 is 15.3 Å². The molecule has 2 amide bonds. The summed E-state index contributed by atoms with van der Waals surface area (Å²) in [4.78, 5) is 24.9. The molecule has 1 aliphatic rings. The molecule has 0 aliphatic heterocycles. The van der Waals surface area contributed by atoms with Crippen molar-refractivity contribution in [2.24, 2.45) is 0 Å². The minimum atomic E-state index is -1.14. The molecule has 0 atom stereocenters. The fourth-order valence-corrected chi connectivity index (χ4v) is 2.34. The Hall–Kier alpha value is -1.77. The summed E-state index contributed by atoms with van der Waals surface area (Å²) in [5, 5.41) is 20.6. The Morgan fingerprint density at radius 3 is 2.37 bits per heavy atom. The third-order valence-electron chi connectivity index (χ3n) is 3.62. The van der Waals surface area contributed by atoms with Crippen LogP contribution in [0.1, 0.15) is 44.9 Å². The molecule has 2 N–H and O–H groups in total. The zero-order valence-electron chi connectivity index (χ0n) is 11.3. The third kappa shape index (κ3) is 4.12. The van der Waals surface area contributed by atoms with Gasteiger partial charge in [0.2, 0.25) is 0 Å². The molecule has 0 aromatic heterocycles. The first-order valence-electron chi connectivity index (χ1n) is 6.65. The van der Waals surface area contributed by atoms with Crippen molar-refractivity contribution < 1.29 is 14.7 Å². The summed E-state index contributed by atoms with van der Waals surface area (Å²) >= 11 is 0. The topological polar surface area (TPSA) is 93.4 Å². The molecule has 19 heavy (non-hydrogen) atoms. The SMILES string of the molecule is CN(CCC#N)C(=O)NC1(C(=O)O)CCCCCC1. The summed E-state index contributed by atoms with van der Waals surface area (Å²) in [6.45, 7) is 0.304. The maximum atomic E-state index is 12.0. The second kappa shape index (κ2) is 6.98. The Labute approximate surface area is 113 Å². The molecule has 0 radical (unpaired) electrons. The molecule has 106 valence electrons. The zero-order valence-corrected chi connectivity index (χ0v) is 11.3. The van der Waals surface area contributed by atoms with Crippen LogP contribution in [0.2, 0.25) is 0 Å². The first kappa shape index (κ1) is 15.3. The van der Waals surface area contributed by atoms with Gasteiger partial charge in [-0.25, -0.2) is 9.59 Å². The van der Waals surface area contributed by atoms with Crippen LogP contribution >= 0.6 is 0 Å². The second-order valence-electron chi connectivity index (χ2n) is 5.06. The number of rotatable bonds is 4. The van der Waals surface area contributed by atoms with Crippen molar-refractivity contribution in [1.82, 2.24) is 10.2 Å². The first-order valence-corrected chi connectivity index (χ1v) is 6.65. The van der Waals surface area contributed by atoms with Crippen LogP contribution in [0.15, 0.2) is 0 Å². The van der Waals surface area contributed by atoms with E-state index in [0.717, 1.165) is 25.7 Å². The number of hydrogen-bond donors (Lipinski definition) is 2. The Morgan fingerprint density at radius 2 is 1.89 bits per heavy atom. The van der Waals surface area contributed by atoms with E-state index in [2.05, 4.69) is 5.32 Å². The number of nitriles is 1. The van der Waals surface area contributed by atoms with E-state index < -0.39 is 17.5 Å². The molecule has 0 saturated heterocycles. The number of nitrogens with one attached hydrogen (secondary N) is 1. The van der Waals surface area contributed by atoms with Crippen LogP contribution in [0.4, 0.5) is 4.79 Å². The number of aliphatic carboxylic acids is 1. The van der Waals surface area contributed by atoms with Gasteiger partial charge in [-0.15, -0.1) is 0 Å². The molecule has 1 rings (SSSR count). The molecule has 0 bridgehead atoms. The molecule has 1 fully saturated rings. The molecular formula is C13H21N3O3. The molecule has 1 aliphatic carbocycles. The summed E-state index contributed by atoms with van der Waals surface area (Å²) in [6.07, 6.45) is 4.83. The standard InChI is InChI=1S/C13H21N3O3/c1-16(10-6-9-14)12(19)15-13(11(17)18)7-4-2-3-5-8-13/h2-8,10H2,1H3,(H,15,19)(H,17,18). The van der Waals surface area contributed by atoms with Gasteiger partial charge >= 0.3 is 12.0 Å². The smallest absolute Gasteiger partial charge is 0.329 e. The summed E-state index contributed by atoms with van der Waals surface area (Å²) in [6, 6.07) is 1.54. The molecule has 1 saturated carbocycles. The van der Waals surface area contributed by atoms with E-state index in [-0.39, 0.29) is 6.42 Å². The second-order valence-corrected chi connectivity index (χ2v) is 5.06. The number of carboxylic acid groups (broad SMARTS) is 1. The molecule has 0 aromatic carbocycles. The van der Waals surface area contributed by atoms with E-state index in [1.54, 1.807) is 7.05 Å². The fraction of sp³-hybridized carbons (Fsp3) is 0.769. The highest BCUT2D eigenvalue weighted by atomic mass is 16.4. The minimum absolute atomic E-state index is 0.240. The number of nitrogens with zero attached hydrogens (tertiary/aromatic N) is 2. The number of carbonyl (C=O) groups is 2. The largest absolute Gasteiger partial charge is 0.480 e. The summed E-state index contributed by atoms with van der Waals surface area (Å²) in [5.41, 5.74) is -1.14. The lowest BCUT2D eigenvalue weighted by Gasteiger charge is -2.31. The molecule has 0 unspecified atom stereocenters. The normalized spacial score (nSPS) is 17.9. The van der Waals surface area contributed by atoms with E-state index in [1.807, 2.05) is 6.07 Å². The Kier molecular flexibility index (Phi) is 5.61. The first-order chi connectivity index (χ1) is 9.02. The maximum absolute atomic E-state index is 12.0. The van der Waals surface area contributed by atoms with Crippen molar-refractivity contribution in [3.8, 4) is 6.07 Å². The molecule has 6 heteroatoms. The van der Waals surface area contributed by atoms with Crippen LogP contribution in [0.25, 0.3) is 0 Å². The maximum Gasteiger partial charge on any atom is 0.329 e. The lowest BCUT2D eigenvalue weighted by Crippen LogP contribution is -2.57. The number of hydrogen-bond acceptors (Lipinski definition) is 3. The van der Waals surface area contributed by atoms with Gasteiger partial charge in [0.05, 0.1) is 12.5 Å². The van der Waals surface area contributed by atoms with Crippen LogP contribution in [0.5, 0.6) is 0 Å². The van der Waals surface area contributed by atoms with Crippen molar-refractivity contribution in [2.45, 2.75) is 50.5 Å². The minimum Gasteiger partial charge on any atom is -0.480 e. The van der Waals surface area contributed by atoms with Gasteiger partial charge in [-0.3, -0.25) is 0 Å². The number of carboxylic acids is 1. The quantitative estimate of drug-likeness (QED) is 0.758. The van der Waals surface area contributed by atoms with Crippen molar-refractivity contribution in [2.75, 3.05) is 13.6 Å². The predicted molar refractivity (Wildman–Crippen MR) is 69.5 cm³/mol. The molecular weight excluding hydrogens is 246 g/mol. The third-order valence-corrected chi connectivity index (χ3v) is 3.62. The van der Waals surface area contributed by atoms with Crippen LogP contribution in [-0.2, 0) is 4.79 Å². The highest BCUT2D eigenvalue weighted by Gasteiger charge is 2.40. The summed E-state index contributed by atoms with van der Waals surface area (Å²) < 4.78 is 0. The van der Waals surface area contributed by atoms with Gasteiger partial charge in [-0.1, -0.05) is 25.7 Å². The van der Waals surface area contributed by atoms with E-state index in [1.165, 1.54) is 4.90 Å². The average Bonchev–Trinajstić information content (AvgIpc) is 2.62. The molecule has 0 heterocycles. The zero-order chi connectivity index (χ0) is 14.3. The van der Waals surface area contributed by atoms with Crippen LogP contribution in [-0.4, -0.2) is 41.1 Å². The highest BCUT2D eigenvalue weighted by molar-refractivity contribution is 5.86. The Bertz CT molecular complexity index is 368. The van der Waals surface area contributed by atoms with Crippen LogP contribution in [0.3, 0.4) is 0 Å². The predicted octanol–water partition coefficient (Wildman–Crippen LogP) is 1.72. The average molecular weight is 267 g/mol. The summed E-state index contributed by atoms with van der Waals surface area (Å²) in [5.74, 6) is -0.962. The lowest BCUT2D eigenvalue weighted by atomic mass is 9.90. The Balaban J connectivity index is 2.70. The molecule has 6 nitrogen and oxygen atoms in total. The van der Waals surface area contributed by atoms with Gasteiger partial charge in [-0.05, 0) is 12.8 Å². The van der Waals surface area contributed by atoms with E-state index in [9.17, 15) is 14.7 Å². The van der Waals surface area contributed by atoms with Crippen molar-refractivity contribution in [1.29, 1.82) is 5.26 Å². The summed E-state index contributed by atoms with van der Waals surface area (Å²) in [7, 11) is 1.57. The number of carbonyl (C=O) groups excluding carboxylic acids is 1. The number of urea groups is 1. The van der Waals surface area contributed by atoms with Gasteiger partial charge in [0.1, 0.15) is 5.54 Å².